The summed E-state index contributed by atoms with van der Waals surface area (Å²) in [6.07, 6.45) is 6.35. The molecular weight excluding hydrogens is 236 g/mol. The van der Waals surface area contributed by atoms with Crippen LogP contribution >= 0.6 is 11.6 Å². The van der Waals surface area contributed by atoms with Crippen molar-refractivity contribution in [2.75, 3.05) is 0 Å². The summed E-state index contributed by atoms with van der Waals surface area (Å²) in [4.78, 5) is 8.52. The van der Waals surface area contributed by atoms with Crippen molar-refractivity contribution < 1.29 is 0 Å². The summed E-state index contributed by atoms with van der Waals surface area (Å²) in [5, 5.41) is 0.609. The number of hydrogen-bond acceptors (Lipinski definition) is 3. The van der Waals surface area contributed by atoms with Crippen LogP contribution in [0.4, 0.5) is 0 Å². The lowest BCUT2D eigenvalue weighted by Gasteiger charge is -2.13. The summed E-state index contributed by atoms with van der Waals surface area (Å²) in [5.74, 6) is 0.835. The van der Waals surface area contributed by atoms with Gasteiger partial charge >= 0.3 is 0 Å². The normalized spacial score (nSPS) is 12.6. The number of imidazole rings is 1. The zero-order valence-corrected chi connectivity index (χ0v) is 10.4. The first-order valence-electron chi connectivity index (χ1n) is 5.60. The number of hydrogen-bond donors (Lipinski definition) is 1. The lowest BCUT2D eigenvalue weighted by Crippen LogP contribution is -2.18. The fourth-order valence-electron chi connectivity index (χ4n) is 1.73. The van der Waals surface area contributed by atoms with Gasteiger partial charge in [-0.25, -0.2) is 4.98 Å². The van der Waals surface area contributed by atoms with Gasteiger partial charge in [-0.2, -0.15) is 0 Å². The molecule has 2 aromatic heterocycles. The first-order valence-corrected chi connectivity index (χ1v) is 5.98. The van der Waals surface area contributed by atoms with Crippen LogP contribution in [0.1, 0.15) is 30.9 Å². The SMILES string of the molecule is CCCn1ccnc1C(N)c1ccc(Cl)cn1. The van der Waals surface area contributed by atoms with Crippen molar-refractivity contribution in [3.05, 3.63) is 47.3 Å². The number of aromatic nitrogens is 3. The van der Waals surface area contributed by atoms with Crippen LogP contribution in [-0.2, 0) is 6.54 Å². The Morgan fingerprint density at radius 2 is 2.24 bits per heavy atom. The van der Waals surface area contributed by atoms with Crippen molar-refractivity contribution in [1.82, 2.24) is 14.5 Å². The molecule has 2 aromatic rings. The smallest absolute Gasteiger partial charge is 0.131 e. The molecule has 90 valence electrons. The molecule has 0 aliphatic rings. The molecule has 0 amide bonds. The van der Waals surface area contributed by atoms with Gasteiger partial charge in [0.1, 0.15) is 11.9 Å². The summed E-state index contributed by atoms with van der Waals surface area (Å²) in [6, 6.07) is 3.31. The minimum absolute atomic E-state index is 0.311. The zero-order valence-electron chi connectivity index (χ0n) is 9.68. The van der Waals surface area contributed by atoms with Crippen molar-refractivity contribution in [3.63, 3.8) is 0 Å². The molecule has 4 nitrogen and oxygen atoms in total. The largest absolute Gasteiger partial charge is 0.333 e. The fourth-order valence-corrected chi connectivity index (χ4v) is 1.84. The highest BCUT2D eigenvalue weighted by molar-refractivity contribution is 6.30. The standard InChI is InChI=1S/C12H15ClN4/c1-2-6-17-7-5-15-12(17)11(14)10-4-3-9(13)8-16-10/h3-5,7-8,11H,2,6,14H2,1H3. The van der Waals surface area contributed by atoms with Crippen LogP contribution in [0.2, 0.25) is 5.02 Å². The molecule has 0 saturated heterocycles. The second-order valence-electron chi connectivity index (χ2n) is 3.86. The summed E-state index contributed by atoms with van der Waals surface area (Å²) in [7, 11) is 0. The molecule has 0 aliphatic carbocycles. The van der Waals surface area contributed by atoms with Gasteiger partial charge in [-0.1, -0.05) is 18.5 Å². The average Bonchev–Trinajstić information content (AvgIpc) is 2.78. The van der Waals surface area contributed by atoms with Crippen molar-refractivity contribution in [2.45, 2.75) is 25.9 Å². The predicted octanol–water partition coefficient (Wildman–Crippen LogP) is 2.39. The first-order chi connectivity index (χ1) is 8.22. The minimum atomic E-state index is -0.311. The van der Waals surface area contributed by atoms with E-state index in [1.54, 1.807) is 18.5 Å². The number of pyridine rings is 1. The molecule has 0 spiro atoms. The molecule has 5 heteroatoms. The molecular formula is C12H15ClN4. The summed E-state index contributed by atoms with van der Waals surface area (Å²) >= 11 is 5.80. The van der Waals surface area contributed by atoms with Crippen LogP contribution in [0.25, 0.3) is 0 Å². The number of aryl methyl sites for hydroxylation is 1. The molecule has 0 fully saturated rings. The van der Waals surface area contributed by atoms with Crippen LogP contribution in [-0.4, -0.2) is 14.5 Å². The topological polar surface area (TPSA) is 56.7 Å². The van der Waals surface area contributed by atoms with E-state index in [0.29, 0.717) is 5.02 Å². The Labute approximate surface area is 105 Å². The molecule has 0 aromatic carbocycles. The fraction of sp³-hybridized carbons (Fsp3) is 0.333. The van der Waals surface area contributed by atoms with Gasteiger partial charge in [-0.05, 0) is 18.6 Å². The summed E-state index contributed by atoms with van der Waals surface area (Å²) in [6.45, 7) is 3.03. The maximum Gasteiger partial charge on any atom is 0.131 e. The Morgan fingerprint density at radius 1 is 1.41 bits per heavy atom. The Morgan fingerprint density at radius 3 is 2.88 bits per heavy atom. The van der Waals surface area contributed by atoms with Gasteiger partial charge in [-0.15, -0.1) is 0 Å². The first kappa shape index (κ1) is 12.1. The van der Waals surface area contributed by atoms with Gasteiger partial charge in [0, 0.05) is 25.1 Å². The van der Waals surface area contributed by atoms with Gasteiger partial charge < -0.3 is 10.3 Å². The maximum absolute atomic E-state index is 6.15. The maximum atomic E-state index is 6.15. The second-order valence-corrected chi connectivity index (χ2v) is 4.29. The van der Waals surface area contributed by atoms with Gasteiger partial charge in [0.15, 0.2) is 0 Å². The molecule has 1 unspecified atom stereocenters. The lowest BCUT2D eigenvalue weighted by molar-refractivity contribution is 0.607. The predicted molar refractivity (Wildman–Crippen MR) is 67.8 cm³/mol. The van der Waals surface area contributed by atoms with E-state index in [2.05, 4.69) is 21.5 Å². The molecule has 2 N–H and O–H groups in total. The molecule has 0 aliphatic heterocycles. The molecule has 0 radical (unpaired) electrons. The molecule has 1 atom stereocenters. The van der Waals surface area contributed by atoms with Crippen molar-refractivity contribution in [1.29, 1.82) is 0 Å². The van der Waals surface area contributed by atoms with Gasteiger partial charge in [0.2, 0.25) is 0 Å². The van der Waals surface area contributed by atoms with Crippen LogP contribution in [0.5, 0.6) is 0 Å². The highest BCUT2D eigenvalue weighted by Crippen LogP contribution is 2.17. The molecule has 17 heavy (non-hydrogen) atoms. The van der Waals surface area contributed by atoms with Gasteiger partial charge in [0.25, 0.3) is 0 Å². The number of nitrogens with zero attached hydrogens (tertiary/aromatic N) is 3. The lowest BCUT2D eigenvalue weighted by atomic mass is 10.2. The monoisotopic (exact) mass is 250 g/mol. The van der Waals surface area contributed by atoms with Gasteiger partial charge in [-0.3, -0.25) is 4.98 Å². The molecule has 0 saturated carbocycles. The third-order valence-corrected chi connectivity index (χ3v) is 2.78. The number of rotatable bonds is 4. The van der Waals surface area contributed by atoms with Crippen LogP contribution in [0.15, 0.2) is 30.7 Å². The average molecular weight is 251 g/mol. The summed E-state index contributed by atoms with van der Waals surface area (Å²) in [5.41, 5.74) is 6.93. The Balaban J connectivity index is 2.26. The molecule has 2 heterocycles. The van der Waals surface area contributed by atoms with E-state index in [-0.39, 0.29) is 6.04 Å². The Kier molecular flexibility index (Phi) is 3.76. The van der Waals surface area contributed by atoms with Crippen molar-refractivity contribution >= 4 is 11.6 Å². The van der Waals surface area contributed by atoms with Gasteiger partial charge in [0.05, 0.1) is 10.7 Å². The molecule has 2 rings (SSSR count). The molecule has 0 bridgehead atoms. The highest BCUT2D eigenvalue weighted by Gasteiger charge is 2.15. The zero-order chi connectivity index (χ0) is 12.3. The number of nitrogens with two attached hydrogens (primary N) is 1. The van der Waals surface area contributed by atoms with E-state index < -0.39 is 0 Å². The minimum Gasteiger partial charge on any atom is -0.333 e. The second kappa shape index (κ2) is 5.29. The van der Waals surface area contributed by atoms with Crippen LogP contribution < -0.4 is 5.73 Å². The van der Waals surface area contributed by atoms with E-state index in [4.69, 9.17) is 17.3 Å². The quantitative estimate of drug-likeness (QED) is 0.907. The van der Waals surface area contributed by atoms with E-state index in [9.17, 15) is 0 Å². The Bertz CT molecular complexity index is 478. The highest BCUT2D eigenvalue weighted by atomic mass is 35.5. The van der Waals surface area contributed by atoms with E-state index in [0.717, 1.165) is 24.5 Å². The Hall–Kier alpha value is -1.39. The van der Waals surface area contributed by atoms with Crippen LogP contribution in [0.3, 0.4) is 0 Å². The third-order valence-electron chi connectivity index (χ3n) is 2.56. The number of halogens is 1. The van der Waals surface area contributed by atoms with Crippen LogP contribution in [0, 0.1) is 0 Å². The van der Waals surface area contributed by atoms with Crippen molar-refractivity contribution in [3.8, 4) is 0 Å². The van der Waals surface area contributed by atoms with Crippen molar-refractivity contribution in [2.24, 2.45) is 5.73 Å². The van der Waals surface area contributed by atoms with E-state index in [1.807, 2.05) is 12.3 Å². The van der Waals surface area contributed by atoms with E-state index in [1.165, 1.54) is 0 Å². The summed E-state index contributed by atoms with van der Waals surface area (Å²) < 4.78 is 2.06. The third kappa shape index (κ3) is 2.65. The van der Waals surface area contributed by atoms with E-state index >= 15 is 0 Å².